The first-order valence-electron chi connectivity index (χ1n) is 6.41. The Labute approximate surface area is 125 Å². The van der Waals surface area contributed by atoms with Crippen LogP contribution in [0, 0.1) is 0 Å². The van der Waals surface area contributed by atoms with Crippen molar-refractivity contribution >= 4 is 35.5 Å². The van der Waals surface area contributed by atoms with Crippen molar-refractivity contribution in [1.82, 2.24) is 10.2 Å². The fourth-order valence-corrected chi connectivity index (χ4v) is 4.09. The molecule has 21 heavy (non-hydrogen) atoms. The number of ether oxygens (including phenoxy) is 1. The van der Waals surface area contributed by atoms with Crippen molar-refractivity contribution in [3.63, 3.8) is 0 Å². The number of aliphatic carboxylic acids is 1. The number of nitrogens with zero attached hydrogens (tertiary/aromatic N) is 1. The van der Waals surface area contributed by atoms with Crippen molar-refractivity contribution in [2.45, 2.75) is 36.4 Å². The van der Waals surface area contributed by atoms with Gasteiger partial charge in [-0.05, 0) is 6.92 Å². The van der Waals surface area contributed by atoms with E-state index in [0.29, 0.717) is 0 Å². The maximum absolute atomic E-state index is 12.2. The molecule has 2 aliphatic rings. The fourth-order valence-electron chi connectivity index (χ4n) is 2.45. The summed E-state index contributed by atoms with van der Waals surface area (Å²) in [7, 11) is 0. The predicted octanol–water partition coefficient (Wildman–Crippen LogP) is -0.817. The number of amides is 2. The number of β-lactam (4-membered cyclic amide) rings is 1. The summed E-state index contributed by atoms with van der Waals surface area (Å²) >= 11 is 1.14. The average molecular weight is 316 g/mol. The lowest BCUT2D eigenvalue weighted by molar-refractivity contribution is -0.162. The van der Waals surface area contributed by atoms with Crippen LogP contribution in [0.1, 0.15) is 20.3 Å². The lowest BCUT2D eigenvalue weighted by atomic mass is 9.96. The lowest BCUT2D eigenvalue weighted by Crippen LogP contribution is -2.59. The molecule has 2 N–H and O–H groups in total. The molecule has 9 heteroatoms. The zero-order chi connectivity index (χ0) is 15.8. The van der Waals surface area contributed by atoms with Crippen LogP contribution in [0.15, 0.2) is 0 Å². The predicted molar refractivity (Wildman–Crippen MR) is 72.3 cm³/mol. The molecule has 2 fully saturated rings. The molecule has 0 saturated carbocycles. The number of nitrogens with one attached hydrogen (secondary N) is 1. The summed E-state index contributed by atoms with van der Waals surface area (Å²) in [5.74, 6) is -2.42. The molecule has 0 aromatic rings. The minimum atomic E-state index is -1.33. The van der Waals surface area contributed by atoms with E-state index in [4.69, 9.17) is 4.74 Å². The number of carboxylic acids is 1. The van der Waals surface area contributed by atoms with Crippen LogP contribution in [-0.2, 0) is 23.9 Å². The third kappa shape index (κ3) is 2.69. The lowest BCUT2D eigenvalue weighted by Gasteiger charge is -2.36. The van der Waals surface area contributed by atoms with Gasteiger partial charge in [0.2, 0.25) is 11.8 Å². The molecule has 3 atom stereocenters. The standard InChI is InChI=1S/C12H16N2O6S/c1-6(15)13-3-4-20-11(19)12(2)9(10(17)18)14-7(16)5-8(14)21-12/h8-9H,3-5H2,1-2H3,(H,13,15)(H,17,18)/t8-,9+,12-/m1/s1. The molecule has 0 spiro atoms. The highest BCUT2D eigenvalue weighted by atomic mass is 32.2. The highest BCUT2D eigenvalue weighted by molar-refractivity contribution is 8.02. The minimum absolute atomic E-state index is 0.0421. The Morgan fingerprint density at radius 3 is 2.71 bits per heavy atom. The van der Waals surface area contributed by atoms with E-state index in [1.54, 1.807) is 0 Å². The highest BCUT2D eigenvalue weighted by Gasteiger charge is 2.64. The van der Waals surface area contributed by atoms with Crippen LogP contribution < -0.4 is 5.32 Å². The fraction of sp³-hybridized carbons (Fsp3) is 0.667. The van der Waals surface area contributed by atoms with Gasteiger partial charge in [0.25, 0.3) is 0 Å². The summed E-state index contributed by atoms with van der Waals surface area (Å²) in [5.41, 5.74) is 0. The van der Waals surface area contributed by atoms with Crippen molar-refractivity contribution in [2.24, 2.45) is 0 Å². The van der Waals surface area contributed by atoms with Gasteiger partial charge in [-0.1, -0.05) is 0 Å². The van der Waals surface area contributed by atoms with Crippen LogP contribution in [0.3, 0.4) is 0 Å². The molecule has 0 aromatic carbocycles. The molecule has 0 aliphatic carbocycles. The number of carbonyl (C=O) groups is 4. The van der Waals surface area contributed by atoms with Crippen LogP contribution in [0.5, 0.6) is 0 Å². The zero-order valence-corrected chi connectivity index (χ0v) is 12.4. The van der Waals surface area contributed by atoms with Crippen molar-refractivity contribution in [1.29, 1.82) is 0 Å². The van der Waals surface area contributed by atoms with Gasteiger partial charge in [0.05, 0.1) is 18.3 Å². The van der Waals surface area contributed by atoms with E-state index in [0.717, 1.165) is 11.8 Å². The topological polar surface area (TPSA) is 113 Å². The second-order valence-electron chi connectivity index (χ2n) is 5.04. The molecule has 0 radical (unpaired) electrons. The monoisotopic (exact) mass is 316 g/mol. The normalized spacial score (nSPS) is 30.4. The molecular weight excluding hydrogens is 300 g/mol. The Morgan fingerprint density at radius 2 is 2.19 bits per heavy atom. The first-order valence-corrected chi connectivity index (χ1v) is 7.29. The summed E-state index contributed by atoms with van der Waals surface area (Å²) in [6, 6.07) is -1.22. The molecule has 2 heterocycles. The average Bonchev–Trinajstić information content (AvgIpc) is 2.63. The number of rotatable bonds is 5. The zero-order valence-electron chi connectivity index (χ0n) is 11.6. The van der Waals surface area contributed by atoms with E-state index in [2.05, 4.69) is 5.32 Å². The second kappa shape index (κ2) is 5.55. The van der Waals surface area contributed by atoms with Gasteiger partial charge in [-0.3, -0.25) is 14.4 Å². The number of hydrogen-bond donors (Lipinski definition) is 2. The van der Waals surface area contributed by atoms with E-state index < -0.39 is 22.7 Å². The van der Waals surface area contributed by atoms with E-state index >= 15 is 0 Å². The third-order valence-electron chi connectivity index (χ3n) is 3.48. The quantitative estimate of drug-likeness (QED) is 0.387. The molecule has 2 amide bonds. The Hall–Kier alpha value is -1.77. The first kappa shape index (κ1) is 15.6. The van der Waals surface area contributed by atoms with Gasteiger partial charge in [0, 0.05) is 6.92 Å². The smallest absolute Gasteiger partial charge is 0.328 e. The Bertz CT molecular complexity index is 510. The molecule has 2 saturated heterocycles. The number of fused-ring (bicyclic) bond motifs is 1. The summed E-state index contributed by atoms with van der Waals surface area (Å²) in [6.45, 7) is 2.93. The van der Waals surface area contributed by atoms with Crippen LogP contribution in [-0.4, -0.2) is 63.1 Å². The third-order valence-corrected chi connectivity index (χ3v) is 5.02. The number of hydrogen-bond acceptors (Lipinski definition) is 6. The molecule has 8 nitrogen and oxygen atoms in total. The number of carboxylic acid groups (broad SMARTS) is 1. The van der Waals surface area contributed by atoms with E-state index in [1.807, 2.05) is 0 Å². The second-order valence-corrected chi connectivity index (χ2v) is 6.67. The van der Waals surface area contributed by atoms with E-state index in [-0.39, 0.29) is 36.8 Å². The summed E-state index contributed by atoms with van der Waals surface area (Å²) < 4.78 is 3.71. The number of thioether (sulfide) groups is 1. The first-order chi connectivity index (χ1) is 9.77. The van der Waals surface area contributed by atoms with Gasteiger partial charge in [-0.2, -0.15) is 0 Å². The van der Waals surface area contributed by atoms with Crippen LogP contribution in [0.4, 0.5) is 0 Å². The molecule has 0 aromatic heterocycles. The van der Waals surface area contributed by atoms with Crippen LogP contribution in [0.2, 0.25) is 0 Å². The summed E-state index contributed by atoms with van der Waals surface area (Å²) in [4.78, 5) is 47.0. The minimum Gasteiger partial charge on any atom is -0.480 e. The molecule has 2 rings (SSSR count). The Balaban J connectivity index is 2.02. The van der Waals surface area contributed by atoms with E-state index in [1.165, 1.54) is 18.7 Å². The summed E-state index contributed by atoms with van der Waals surface area (Å²) in [6.07, 6.45) is 0.239. The highest BCUT2D eigenvalue weighted by Crippen LogP contribution is 2.51. The number of esters is 1. The Morgan fingerprint density at radius 1 is 1.52 bits per heavy atom. The van der Waals surface area contributed by atoms with Gasteiger partial charge in [0.15, 0.2) is 6.04 Å². The molecular formula is C12H16N2O6S. The van der Waals surface area contributed by atoms with Gasteiger partial charge in [-0.25, -0.2) is 4.79 Å². The van der Waals surface area contributed by atoms with Gasteiger partial charge in [-0.15, -0.1) is 11.8 Å². The SMILES string of the molecule is CC(=O)NCCOC(=O)[C@]1(C)S[C@@H]2CC(=O)N2[C@H]1C(=O)O. The molecule has 0 bridgehead atoms. The van der Waals surface area contributed by atoms with Crippen LogP contribution in [0.25, 0.3) is 0 Å². The Kier molecular flexibility index (Phi) is 4.13. The molecule has 2 aliphatic heterocycles. The van der Waals surface area contributed by atoms with Crippen molar-refractivity contribution in [2.75, 3.05) is 13.2 Å². The van der Waals surface area contributed by atoms with Gasteiger partial charge in [0.1, 0.15) is 11.4 Å². The molecule has 0 unspecified atom stereocenters. The van der Waals surface area contributed by atoms with Gasteiger partial charge >= 0.3 is 11.9 Å². The maximum atomic E-state index is 12.2. The van der Waals surface area contributed by atoms with Gasteiger partial charge < -0.3 is 20.1 Å². The van der Waals surface area contributed by atoms with Crippen LogP contribution >= 0.6 is 11.8 Å². The number of carbonyl (C=O) groups excluding carboxylic acids is 3. The summed E-state index contributed by atoms with van der Waals surface area (Å²) in [5, 5.41) is 11.5. The van der Waals surface area contributed by atoms with E-state index in [9.17, 15) is 24.3 Å². The largest absolute Gasteiger partial charge is 0.480 e. The molecule has 116 valence electrons. The van der Waals surface area contributed by atoms with Crippen molar-refractivity contribution in [3.8, 4) is 0 Å². The maximum Gasteiger partial charge on any atom is 0.328 e. The van der Waals surface area contributed by atoms with Crippen molar-refractivity contribution < 1.29 is 29.0 Å². The van der Waals surface area contributed by atoms with Crippen molar-refractivity contribution in [3.05, 3.63) is 0 Å².